The number of nitrogens with one attached hydrogen (secondary N) is 1. The van der Waals surface area contributed by atoms with Crippen molar-refractivity contribution in [2.75, 3.05) is 0 Å². The number of carbonyl (C=O) groups excluding carboxylic acids is 1. The number of hydrogen-bond donors (Lipinski definition) is 2. The average molecular weight is 350 g/mol. The maximum absolute atomic E-state index is 13.1. The highest BCUT2D eigenvalue weighted by molar-refractivity contribution is 5.87. The van der Waals surface area contributed by atoms with Gasteiger partial charge in [0.1, 0.15) is 16.9 Å². The van der Waals surface area contributed by atoms with Crippen LogP contribution in [-0.4, -0.2) is 11.5 Å². The van der Waals surface area contributed by atoms with Crippen molar-refractivity contribution < 1.29 is 9.53 Å². The van der Waals surface area contributed by atoms with E-state index < -0.39 is 5.54 Å². The Morgan fingerprint density at radius 2 is 1.77 bits per heavy atom. The molecular formula is C22H26N2O2. The standard InChI is InChI=1S/C22H26N2O2/c1-21(23,16-9-3-2-4-10-16)20(25)24-18-15-22(13-7-8-14-22)26-19-12-6-5-11-17(18)19/h2-6,9-12,18H,7-8,13-15,23H2,1H3,(H,24,25). The van der Waals surface area contributed by atoms with Gasteiger partial charge in [-0.3, -0.25) is 4.79 Å². The first-order valence-corrected chi connectivity index (χ1v) is 9.44. The minimum atomic E-state index is -1.07. The fourth-order valence-corrected chi connectivity index (χ4v) is 4.30. The zero-order valence-corrected chi connectivity index (χ0v) is 15.2. The molecule has 1 amide bonds. The van der Waals surface area contributed by atoms with Crippen LogP contribution in [0, 0.1) is 0 Å². The van der Waals surface area contributed by atoms with Crippen molar-refractivity contribution in [1.82, 2.24) is 5.32 Å². The van der Waals surface area contributed by atoms with Gasteiger partial charge in [-0.25, -0.2) is 0 Å². The largest absolute Gasteiger partial charge is 0.487 e. The number of carbonyl (C=O) groups is 1. The molecule has 1 fully saturated rings. The molecule has 1 aliphatic heterocycles. The topological polar surface area (TPSA) is 64.4 Å². The van der Waals surface area contributed by atoms with Crippen LogP contribution in [0.25, 0.3) is 0 Å². The Balaban J connectivity index is 1.61. The zero-order chi connectivity index (χ0) is 18.2. The van der Waals surface area contributed by atoms with E-state index in [4.69, 9.17) is 10.5 Å². The van der Waals surface area contributed by atoms with Crippen LogP contribution in [0.5, 0.6) is 5.75 Å². The number of ether oxygens (including phenoxy) is 1. The minimum absolute atomic E-state index is 0.0721. The van der Waals surface area contributed by atoms with Crippen LogP contribution in [0.1, 0.15) is 56.2 Å². The summed E-state index contributed by atoms with van der Waals surface area (Å²) in [5, 5.41) is 3.22. The number of nitrogens with two attached hydrogens (primary N) is 1. The summed E-state index contributed by atoms with van der Waals surface area (Å²) < 4.78 is 6.38. The van der Waals surface area contributed by atoms with Gasteiger partial charge in [0.05, 0.1) is 6.04 Å². The normalized spacial score (nSPS) is 22.9. The van der Waals surface area contributed by atoms with Crippen LogP contribution < -0.4 is 15.8 Å². The average Bonchev–Trinajstić information content (AvgIpc) is 3.09. The fourth-order valence-electron chi connectivity index (χ4n) is 4.30. The molecule has 26 heavy (non-hydrogen) atoms. The Hall–Kier alpha value is -2.33. The quantitative estimate of drug-likeness (QED) is 0.885. The molecule has 2 unspecified atom stereocenters. The van der Waals surface area contributed by atoms with Crippen molar-refractivity contribution in [2.45, 2.75) is 56.2 Å². The number of hydrogen-bond acceptors (Lipinski definition) is 3. The second-order valence-electron chi connectivity index (χ2n) is 7.83. The minimum Gasteiger partial charge on any atom is -0.487 e. The predicted molar refractivity (Wildman–Crippen MR) is 102 cm³/mol. The Labute approximate surface area is 154 Å². The number of rotatable bonds is 3. The van der Waals surface area contributed by atoms with E-state index in [-0.39, 0.29) is 17.6 Å². The zero-order valence-electron chi connectivity index (χ0n) is 15.2. The van der Waals surface area contributed by atoms with E-state index in [0.29, 0.717) is 0 Å². The molecule has 3 N–H and O–H groups in total. The number of para-hydroxylation sites is 1. The van der Waals surface area contributed by atoms with E-state index in [1.807, 2.05) is 54.6 Å². The highest BCUT2D eigenvalue weighted by Gasteiger charge is 2.44. The Morgan fingerprint density at radius 3 is 2.50 bits per heavy atom. The van der Waals surface area contributed by atoms with Gasteiger partial charge in [-0.2, -0.15) is 0 Å². The molecule has 1 saturated carbocycles. The molecule has 0 radical (unpaired) electrons. The lowest BCUT2D eigenvalue weighted by Gasteiger charge is -2.41. The monoisotopic (exact) mass is 350 g/mol. The van der Waals surface area contributed by atoms with Gasteiger partial charge in [0.15, 0.2) is 0 Å². The van der Waals surface area contributed by atoms with Crippen LogP contribution in [0.2, 0.25) is 0 Å². The molecule has 2 aromatic rings. The number of benzene rings is 2. The summed E-state index contributed by atoms with van der Waals surface area (Å²) in [5.41, 5.74) is 7.06. The van der Waals surface area contributed by atoms with Crippen molar-refractivity contribution in [3.05, 3.63) is 65.7 Å². The Kier molecular flexibility index (Phi) is 4.23. The Bertz CT molecular complexity index is 795. The molecule has 0 saturated heterocycles. The predicted octanol–water partition coefficient (Wildman–Crippen LogP) is 3.81. The van der Waals surface area contributed by atoms with E-state index in [2.05, 4.69) is 5.32 Å². The van der Waals surface area contributed by atoms with Crippen molar-refractivity contribution in [1.29, 1.82) is 0 Å². The summed E-state index contributed by atoms with van der Waals surface area (Å²) in [6.45, 7) is 1.77. The maximum Gasteiger partial charge on any atom is 0.244 e. The molecule has 0 bridgehead atoms. The molecule has 1 heterocycles. The van der Waals surface area contributed by atoms with E-state index >= 15 is 0 Å². The van der Waals surface area contributed by atoms with Crippen LogP contribution in [0.3, 0.4) is 0 Å². The van der Waals surface area contributed by atoms with Gasteiger partial charge in [-0.15, -0.1) is 0 Å². The van der Waals surface area contributed by atoms with Crippen molar-refractivity contribution in [2.24, 2.45) is 5.73 Å². The van der Waals surface area contributed by atoms with Gasteiger partial charge in [0.2, 0.25) is 5.91 Å². The molecule has 4 nitrogen and oxygen atoms in total. The van der Waals surface area contributed by atoms with Crippen LogP contribution in [0.15, 0.2) is 54.6 Å². The summed E-state index contributed by atoms with van der Waals surface area (Å²) in [7, 11) is 0. The van der Waals surface area contributed by atoms with Gasteiger partial charge >= 0.3 is 0 Å². The van der Waals surface area contributed by atoms with E-state index in [9.17, 15) is 4.79 Å². The van der Waals surface area contributed by atoms with E-state index in [1.165, 1.54) is 12.8 Å². The van der Waals surface area contributed by atoms with Crippen molar-refractivity contribution in [3.8, 4) is 5.75 Å². The lowest BCUT2D eigenvalue weighted by Crippen LogP contribution is -2.52. The SMILES string of the molecule is CC(N)(C(=O)NC1CC2(CCCC2)Oc2ccccc21)c1ccccc1. The summed E-state index contributed by atoms with van der Waals surface area (Å²) in [6.07, 6.45) is 5.27. The van der Waals surface area contributed by atoms with Gasteiger partial charge in [0, 0.05) is 12.0 Å². The highest BCUT2D eigenvalue weighted by atomic mass is 16.5. The molecule has 1 spiro atoms. The smallest absolute Gasteiger partial charge is 0.244 e. The van der Waals surface area contributed by atoms with Crippen LogP contribution >= 0.6 is 0 Å². The van der Waals surface area contributed by atoms with Crippen molar-refractivity contribution in [3.63, 3.8) is 0 Å². The second-order valence-corrected chi connectivity index (χ2v) is 7.83. The molecule has 4 rings (SSSR count). The first-order chi connectivity index (χ1) is 12.5. The first kappa shape index (κ1) is 17.1. The lowest BCUT2D eigenvalue weighted by atomic mass is 9.84. The molecule has 136 valence electrons. The highest BCUT2D eigenvalue weighted by Crippen LogP contribution is 2.47. The van der Waals surface area contributed by atoms with Crippen LogP contribution in [-0.2, 0) is 10.3 Å². The summed E-state index contributed by atoms with van der Waals surface area (Å²) in [5.74, 6) is 0.739. The van der Waals surface area contributed by atoms with Gasteiger partial charge in [0.25, 0.3) is 0 Å². The third kappa shape index (κ3) is 2.99. The number of fused-ring (bicyclic) bond motifs is 1. The fraction of sp³-hybridized carbons (Fsp3) is 0.409. The lowest BCUT2D eigenvalue weighted by molar-refractivity contribution is -0.127. The third-order valence-electron chi connectivity index (χ3n) is 5.86. The molecule has 4 heteroatoms. The van der Waals surface area contributed by atoms with E-state index in [1.54, 1.807) is 6.92 Å². The van der Waals surface area contributed by atoms with Crippen molar-refractivity contribution >= 4 is 5.91 Å². The third-order valence-corrected chi connectivity index (χ3v) is 5.86. The summed E-state index contributed by atoms with van der Waals surface area (Å²) in [4.78, 5) is 13.1. The van der Waals surface area contributed by atoms with Crippen LogP contribution in [0.4, 0.5) is 0 Å². The summed E-state index contributed by atoms with van der Waals surface area (Å²) in [6, 6.07) is 17.5. The van der Waals surface area contributed by atoms with E-state index in [0.717, 1.165) is 36.1 Å². The first-order valence-electron chi connectivity index (χ1n) is 9.44. The molecule has 2 aromatic carbocycles. The Morgan fingerprint density at radius 1 is 1.12 bits per heavy atom. The van der Waals surface area contributed by atoms with Gasteiger partial charge < -0.3 is 15.8 Å². The number of amides is 1. The van der Waals surface area contributed by atoms with Gasteiger partial charge in [-0.1, -0.05) is 48.5 Å². The molecule has 0 aromatic heterocycles. The molecular weight excluding hydrogens is 324 g/mol. The maximum atomic E-state index is 13.1. The van der Waals surface area contributed by atoms with Gasteiger partial charge in [-0.05, 0) is 44.2 Å². The molecule has 2 atom stereocenters. The molecule has 2 aliphatic rings. The second kappa shape index (κ2) is 6.44. The molecule has 1 aliphatic carbocycles. The summed E-state index contributed by atoms with van der Waals surface area (Å²) >= 11 is 0.